The zero-order valence-corrected chi connectivity index (χ0v) is 14.9. The van der Waals surface area contributed by atoms with Gasteiger partial charge in [-0.3, -0.25) is 0 Å². The van der Waals surface area contributed by atoms with E-state index in [1.807, 2.05) is 12.1 Å². The van der Waals surface area contributed by atoms with Crippen molar-refractivity contribution in [2.24, 2.45) is 5.92 Å². The smallest absolute Gasteiger partial charge is 0.179 e. The summed E-state index contributed by atoms with van der Waals surface area (Å²) in [7, 11) is 3.20. The number of nitrogens with one attached hydrogen (secondary N) is 1. The maximum Gasteiger partial charge on any atom is 0.179 e. The van der Waals surface area contributed by atoms with Crippen LogP contribution in [0.5, 0.6) is 11.5 Å². The van der Waals surface area contributed by atoms with Gasteiger partial charge in [-0.1, -0.05) is 24.4 Å². The molecular formula is C18H28ClNO3. The summed E-state index contributed by atoms with van der Waals surface area (Å²) in [4.78, 5) is 0. The van der Waals surface area contributed by atoms with Crippen LogP contribution in [0.4, 0.5) is 0 Å². The van der Waals surface area contributed by atoms with Gasteiger partial charge in [-0.05, 0) is 55.8 Å². The van der Waals surface area contributed by atoms with E-state index in [0.717, 1.165) is 37.9 Å². The summed E-state index contributed by atoms with van der Waals surface area (Å²) < 4.78 is 10.6. The molecule has 0 amide bonds. The lowest BCUT2D eigenvalue weighted by Crippen LogP contribution is -2.25. The van der Waals surface area contributed by atoms with Crippen LogP contribution >= 0.6 is 11.6 Å². The molecule has 5 heteroatoms. The van der Waals surface area contributed by atoms with E-state index in [1.54, 1.807) is 14.2 Å². The number of hydrogen-bond acceptors (Lipinski definition) is 4. The quantitative estimate of drug-likeness (QED) is 0.706. The van der Waals surface area contributed by atoms with Crippen molar-refractivity contribution in [2.75, 3.05) is 20.8 Å². The zero-order valence-electron chi connectivity index (χ0n) is 14.1. The second-order valence-corrected chi connectivity index (χ2v) is 6.65. The number of benzene rings is 1. The summed E-state index contributed by atoms with van der Waals surface area (Å²) in [6.07, 6.45) is 6.68. The first-order chi connectivity index (χ1) is 11.2. The van der Waals surface area contributed by atoms with E-state index in [2.05, 4.69) is 5.32 Å². The van der Waals surface area contributed by atoms with Crippen molar-refractivity contribution in [2.45, 2.75) is 51.2 Å². The number of aliphatic hydroxyl groups excluding tert-OH is 1. The molecule has 2 unspecified atom stereocenters. The molecule has 2 rings (SSSR count). The molecule has 1 saturated carbocycles. The first-order valence-electron chi connectivity index (χ1n) is 8.45. The molecule has 1 aromatic carbocycles. The fourth-order valence-corrected chi connectivity index (χ4v) is 3.63. The highest BCUT2D eigenvalue weighted by Crippen LogP contribution is 2.36. The van der Waals surface area contributed by atoms with Crippen LogP contribution in [0.2, 0.25) is 5.02 Å². The topological polar surface area (TPSA) is 50.7 Å². The predicted octanol–water partition coefficient (Wildman–Crippen LogP) is 3.78. The van der Waals surface area contributed by atoms with Crippen LogP contribution in [0, 0.1) is 5.92 Å². The van der Waals surface area contributed by atoms with Gasteiger partial charge in [0, 0.05) is 6.54 Å². The van der Waals surface area contributed by atoms with Crippen LogP contribution in [-0.4, -0.2) is 32.0 Å². The molecule has 0 bridgehead atoms. The lowest BCUT2D eigenvalue weighted by atomic mass is 9.83. The van der Waals surface area contributed by atoms with E-state index in [1.165, 1.54) is 19.3 Å². The number of ether oxygens (including phenoxy) is 2. The molecule has 0 aromatic heterocycles. The fourth-order valence-electron chi connectivity index (χ4n) is 3.32. The molecule has 1 fully saturated rings. The summed E-state index contributed by atoms with van der Waals surface area (Å²) in [6, 6.07) is 3.85. The molecule has 2 N–H and O–H groups in total. The van der Waals surface area contributed by atoms with Gasteiger partial charge in [0.2, 0.25) is 0 Å². The normalized spacial score (nSPS) is 21.2. The second kappa shape index (κ2) is 9.36. The van der Waals surface area contributed by atoms with Crippen LogP contribution in [0.1, 0.15) is 44.1 Å². The molecule has 0 aliphatic heterocycles. The highest BCUT2D eigenvalue weighted by Gasteiger charge is 2.22. The Bertz CT molecular complexity index is 495. The fraction of sp³-hybridized carbons (Fsp3) is 0.667. The Morgan fingerprint density at radius 3 is 2.70 bits per heavy atom. The van der Waals surface area contributed by atoms with Crippen molar-refractivity contribution in [3.05, 3.63) is 22.7 Å². The summed E-state index contributed by atoms with van der Waals surface area (Å²) in [5.74, 6) is 1.72. The van der Waals surface area contributed by atoms with Gasteiger partial charge in [0.15, 0.2) is 11.5 Å². The molecule has 0 spiro atoms. The van der Waals surface area contributed by atoms with Crippen LogP contribution < -0.4 is 14.8 Å². The lowest BCUT2D eigenvalue weighted by molar-refractivity contribution is 0.0643. The van der Waals surface area contributed by atoms with Crippen LogP contribution in [0.3, 0.4) is 0 Å². The Labute approximate surface area is 144 Å². The van der Waals surface area contributed by atoms with Gasteiger partial charge in [-0.25, -0.2) is 0 Å². The van der Waals surface area contributed by atoms with Crippen molar-refractivity contribution in [1.82, 2.24) is 5.32 Å². The third kappa shape index (κ3) is 5.27. The summed E-state index contributed by atoms with van der Waals surface area (Å²) in [6.45, 7) is 1.68. The third-order valence-corrected chi connectivity index (χ3v) is 4.90. The van der Waals surface area contributed by atoms with Gasteiger partial charge in [-0.2, -0.15) is 0 Å². The number of aliphatic hydroxyl groups is 1. The summed E-state index contributed by atoms with van der Waals surface area (Å²) in [5, 5.41) is 14.0. The molecule has 23 heavy (non-hydrogen) atoms. The second-order valence-electron chi connectivity index (χ2n) is 6.24. The summed E-state index contributed by atoms with van der Waals surface area (Å²) >= 11 is 6.21. The minimum absolute atomic E-state index is 0.0894. The molecule has 1 aliphatic rings. The van der Waals surface area contributed by atoms with Gasteiger partial charge in [0.25, 0.3) is 0 Å². The van der Waals surface area contributed by atoms with Crippen molar-refractivity contribution in [1.29, 1.82) is 0 Å². The lowest BCUT2D eigenvalue weighted by Gasteiger charge is -2.27. The Balaban J connectivity index is 1.75. The van der Waals surface area contributed by atoms with Crippen molar-refractivity contribution in [3.8, 4) is 11.5 Å². The molecule has 1 aliphatic carbocycles. The molecule has 1 aromatic rings. The van der Waals surface area contributed by atoms with E-state index in [-0.39, 0.29) is 6.10 Å². The Morgan fingerprint density at radius 2 is 2.00 bits per heavy atom. The first kappa shape index (κ1) is 18.4. The molecule has 0 heterocycles. The molecule has 0 radical (unpaired) electrons. The van der Waals surface area contributed by atoms with E-state index < -0.39 is 0 Å². The minimum Gasteiger partial charge on any atom is -0.493 e. The average molecular weight is 342 g/mol. The van der Waals surface area contributed by atoms with Gasteiger partial charge in [0.1, 0.15) is 0 Å². The van der Waals surface area contributed by atoms with Crippen molar-refractivity contribution < 1.29 is 14.6 Å². The van der Waals surface area contributed by atoms with Gasteiger partial charge in [-0.15, -0.1) is 0 Å². The van der Waals surface area contributed by atoms with Crippen LogP contribution in [0.15, 0.2) is 12.1 Å². The van der Waals surface area contributed by atoms with Crippen LogP contribution in [0.25, 0.3) is 0 Å². The van der Waals surface area contributed by atoms with Gasteiger partial charge in [0.05, 0.1) is 25.3 Å². The van der Waals surface area contributed by atoms with E-state index in [9.17, 15) is 5.11 Å². The first-order valence-corrected chi connectivity index (χ1v) is 8.82. The maximum absolute atomic E-state index is 9.98. The molecule has 0 saturated heterocycles. The maximum atomic E-state index is 9.98. The zero-order chi connectivity index (χ0) is 16.7. The number of methoxy groups -OCH3 is 2. The van der Waals surface area contributed by atoms with Gasteiger partial charge >= 0.3 is 0 Å². The van der Waals surface area contributed by atoms with E-state index in [4.69, 9.17) is 21.1 Å². The SMILES string of the molecule is COc1cc(CNCCCC2CCCCC2O)cc(Cl)c1OC. The number of hydrogen-bond donors (Lipinski definition) is 2. The molecule has 130 valence electrons. The minimum atomic E-state index is -0.0894. The van der Waals surface area contributed by atoms with Gasteiger partial charge < -0.3 is 19.9 Å². The van der Waals surface area contributed by atoms with E-state index >= 15 is 0 Å². The van der Waals surface area contributed by atoms with Crippen molar-refractivity contribution >= 4 is 11.6 Å². The average Bonchev–Trinajstić information content (AvgIpc) is 2.55. The van der Waals surface area contributed by atoms with Crippen molar-refractivity contribution in [3.63, 3.8) is 0 Å². The molecule has 2 atom stereocenters. The highest BCUT2D eigenvalue weighted by atomic mass is 35.5. The van der Waals surface area contributed by atoms with E-state index in [0.29, 0.717) is 22.4 Å². The Kier molecular flexibility index (Phi) is 7.47. The van der Waals surface area contributed by atoms with Crippen LogP contribution in [-0.2, 0) is 6.54 Å². The Morgan fingerprint density at radius 1 is 1.22 bits per heavy atom. The number of rotatable bonds is 8. The number of halogens is 1. The standard InChI is InChI=1S/C18H28ClNO3/c1-22-17-11-13(10-15(19)18(17)23-2)12-20-9-5-7-14-6-3-4-8-16(14)21/h10-11,14,16,20-21H,3-9,12H2,1-2H3. The summed E-state index contributed by atoms with van der Waals surface area (Å²) in [5.41, 5.74) is 1.07. The Hall–Kier alpha value is -0.970. The monoisotopic (exact) mass is 341 g/mol. The molecular weight excluding hydrogens is 314 g/mol. The molecule has 4 nitrogen and oxygen atoms in total. The predicted molar refractivity (Wildman–Crippen MR) is 93.5 cm³/mol. The highest BCUT2D eigenvalue weighted by molar-refractivity contribution is 6.32. The largest absolute Gasteiger partial charge is 0.493 e. The third-order valence-electron chi connectivity index (χ3n) is 4.62.